The van der Waals surface area contributed by atoms with Gasteiger partial charge in [-0.15, -0.1) is 0 Å². The van der Waals surface area contributed by atoms with Crippen molar-refractivity contribution in [2.75, 3.05) is 31.1 Å². The molecule has 6 nitrogen and oxygen atoms in total. The van der Waals surface area contributed by atoms with Crippen molar-refractivity contribution in [1.29, 1.82) is 0 Å². The average Bonchev–Trinajstić information content (AvgIpc) is 2.69. The zero-order chi connectivity index (χ0) is 14.2. The molecule has 1 aliphatic rings. The molecule has 0 saturated carbocycles. The first-order valence-corrected chi connectivity index (χ1v) is 8.10. The number of aromatic amines is 1. The maximum atomic E-state index is 12.1. The standard InChI is InChI=1S/C12H22N4O2S/c1-9(2)19(17,18)16-7-5-15(6-8-16)12-10(3)13-14-11(12)4/h9H,5-8H2,1-4H3,(H,13,14). The number of sulfonamides is 1. The molecule has 7 heteroatoms. The van der Waals surface area contributed by atoms with Gasteiger partial charge in [0.25, 0.3) is 0 Å². The molecule has 1 aromatic rings. The molecule has 108 valence electrons. The molecule has 0 amide bonds. The van der Waals surface area contributed by atoms with Gasteiger partial charge in [-0.05, 0) is 27.7 Å². The van der Waals surface area contributed by atoms with Gasteiger partial charge in [-0.3, -0.25) is 5.10 Å². The highest BCUT2D eigenvalue weighted by Crippen LogP contribution is 2.24. The van der Waals surface area contributed by atoms with Gasteiger partial charge in [0.1, 0.15) is 0 Å². The zero-order valence-electron chi connectivity index (χ0n) is 12.0. The summed E-state index contributed by atoms with van der Waals surface area (Å²) in [6.45, 7) is 9.94. The molecular formula is C12H22N4O2S. The van der Waals surface area contributed by atoms with Crippen LogP contribution in [0.4, 0.5) is 5.69 Å². The summed E-state index contributed by atoms with van der Waals surface area (Å²) in [5.74, 6) is 0. The first-order valence-electron chi connectivity index (χ1n) is 6.59. The number of aryl methyl sites for hydroxylation is 2. The largest absolute Gasteiger partial charge is 0.366 e. The van der Waals surface area contributed by atoms with Crippen LogP contribution in [-0.2, 0) is 10.0 Å². The van der Waals surface area contributed by atoms with E-state index in [1.807, 2.05) is 13.8 Å². The monoisotopic (exact) mass is 286 g/mol. The number of nitrogens with zero attached hydrogens (tertiary/aromatic N) is 3. The van der Waals surface area contributed by atoms with Crippen molar-refractivity contribution in [3.05, 3.63) is 11.4 Å². The van der Waals surface area contributed by atoms with Gasteiger partial charge in [-0.2, -0.15) is 9.40 Å². The van der Waals surface area contributed by atoms with Crippen LogP contribution in [0, 0.1) is 13.8 Å². The molecule has 19 heavy (non-hydrogen) atoms. The molecule has 0 bridgehead atoms. The third-order valence-electron chi connectivity index (χ3n) is 3.60. The lowest BCUT2D eigenvalue weighted by Gasteiger charge is -2.36. The molecule has 0 radical (unpaired) electrons. The molecule has 1 aliphatic heterocycles. The third kappa shape index (κ3) is 2.62. The smallest absolute Gasteiger partial charge is 0.216 e. The Labute approximate surface area is 114 Å². The van der Waals surface area contributed by atoms with Gasteiger partial charge in [-0.25, -0.2) is 8.42 Å². The molecular weight excluding hydrogens is 264 g/mol. The van der Waals surface area contributed by atoms with Crippen LogP contribution in [0.3, 0.4) is 0 Å². The molecule has 0 spiro atoms. The number of anilines is 1. The summed E-state index contributed by atoms with van der Waals surface area (Å²) in [7, 11) is -3.13. The van der Waals surface area contributed by atoms with Crippen LogP contribution >= 0.6 is 0 Å². The van der Waals surface area contributed by atoms with E-state index in [1.54, 1.807) is 18.2 Å². The summed E-state index contributed by atoms with van der Waals surface area (Å²) < 4.78 is 25.8. The number of nitrogens with one attached hydrogen (secondary N) is 1. The van der Waals surface area contributed by atoms with Crippen molar-refractivity contribution in [3.8, 4) is 0 Å². The lowest BCUT2D eigenvalue weighted by atomic mass is 10.2. The summed E-state index contributed by atoms with van der Waals surface area (Å²) in [4.78, 5) is 2.21. The van der Waals surface area contributed by atoms with Crippen LogP contribution < -0.4 is 4.90 Å². The highest BCUT2D eigenvalue weighted by atomic mass is 32.2. The molecule has 0 atom stereocenters. The summed E-state index contributed by atoms with van der Waals surface area (Å²) in [5.41, 5.74) is 3.12. The van der Waals surface area contributed by atoms with E-state index in [-0.39, 0.29) is 5.25 Å². The molecule has 1 N–H and O–H groups in total. The first kappa shape index (κ1) is 14.3. The minimum Gasteiger partial charge on any atom is -0.366 e. The number of H-pyrrole nitrogens is 1. The number of hydrogen-bond acceptors (Lipinski definition) is 4. The Kier molecular flexibility index (Phi) is 3.87. The molecule has 0 aliphatic carbocycles. The van der Waals surface area contributed by atoms with Gasteiger partial charge < -0.3 is 4.90 Å². The summed E-state index contributed by atoms with van der Waals surface area (Å²) in [5, 5.41) is 6.81. The van der Waals surface area contributed by atoms with Crippen molar-refractivity contribution >= 4 is 15.7 Å². The topological polar surface area (TPSA) is 69.3 Å². The van der Waals surface area contributed by atoms with Gasteiger partial charge >= 0.3 is 0 Å². The second kappa shape index (κ2) is 5.13. The fourth-order valence-electron chi connectivity index (χ4n) is 2.48. The van der Waals surface area contributed by atoms with E-state index in [0.717, 1.165) is 17.1 Å². The predicted molar refractivity (Wildman–Crippen MR) is 75.9 cm³/mol. The second-order valence-electron chi connectivity index (χ2n) is 5.26. The van der Waals surface area contributed by atoms with E-state index in [1.165, 1.54) is 0 Å². The Bertz CT molecular complexity index is 523. The van der Waals surface area contributed by atoms with Gasteiger partial charge in [0.05, 0.1) is 22.3 Å². The third-order valence-corrected chi connectivity index (χ3v) is 5.88. The highest BCUT2D eigenvalue weighted by Gasteiger charge is 2.30. The fourth-order valence-corrected chi connectivity index (χ4v) is 3.74. The van der Waals surface area contributed by atoms with E-state index in [2.05, 4.69) is 15.1 Å². The van der Waals surface area contributed by atoms with Gasteiger partial charge in [-0.1, -0.05) is 0 Å². The Morgan fingerprint density at radius 1 is 1.16 bits per heavy atom. The Morgan fingerprint density at radius 3 is 2.16 bits per heavy atom. The van der Waals surface area contributed by atoms with Crippen LogP contribution in [0.2, 0.25) is 0 Å². The van der Waals surface area contributed by atoms with E-state index in [9.17, 15) is 8.42 Å². The average molecular weight is 286 g/mol. The maximum Gasteiger partial charge on any atom is 0.216 e. The van der Waals surface area contributed by atoms with Crippen LogP contribution in [0.5, 0.6) is 0 Å². The Hall–Kier alpha value is -1.08. The van der Waals surface area contributed by atoms with E-state index in [4.69, 9.17) is 0 Å². The van der Waals surface area contributed by atoms with Crippen molar-refractivity contribution < 1.29 is 8.42 Å². The van der Waals surface area contributed by atoms with E-state index >= 15 is 0 Å². The minimum absolute atomic E-state index is 0.351. The van der Waals surface area contributed by atoms with Crippen molar-refractivity contribution in [3.63, 3.8) is 0 Å². The fraction of sp³-hybridized carbons (Fsp3) is 0.750. The molecule has 1 saturated heterocycles. The van der Waals surface area contributed by atoms with Crippen LogP contribution in [-0.4, -0.2) is 54.3 Å². The quantitative estimate of drug-likeness (QED) is 0.896. The van der Waals surface area contributed by atoms with E-state index < -0.39 is 10.0 Å². The van der Waals surface area contributed by atoms with Gasteiger partial charge in [0, 0.05) is 26.2 Å². The van der Waals surface area contributed by atoms with Crippen LogP contribution in [0.1, 0.15) is 25.2 Å². The predicted octanol–water partition coefficient (Wildman–Crippen LogP) is 0.887. The second-order valence-corrected chi connectivity index (χ2v) is 7.75. The highest BCUT2D eigenvalue weighted by molar-refractivity contribution is 7.89. The SMILES string of the molecule is Cc1n[nH]c(C)c1N1CCN(S(=O)(=O)C(C)C)CC1. The van der Waals surface area contributed by atoms with Gasteiger partial charge in [0.15, 0.2) is 0 Å². The molecule has 0 unspecified atom stereocenters. The van der Waals surface area contributed by atoms with E-state index in [0.29, 0.717) is 26.2 Å². The summed E-state index contributed by atoms with van der Waals surface area (Å²) >= 11 is 0. The van der Waals surface area contributed by atoms with Crippen molar-refractivity contribution in [1.82, 2.24) is 14.5 Å². The van der Waals surface area contributed by atoms with Crippen molar-refractivity contribution in [2.45, 2.75) is 32.9 Å². The number of aromatic nitrogens is 2. The Morgan fingerprint density at radius 2 is 1.74 bits per heavy atom. The normalized spacial score (nSPS) is 18.3. The van der Waals surface area contributed by atoms with Crippen LogP contribution in [0.15, 0.2) is 0 Å². The lowest BCUT2D eigenvalue weighted by molar-refractivity contribution is 0.381. The van der Waals surface area contributed by atoms with Gasteiger partial charge in [0.2, 0.25) is 10.0 Å². The first-order chi connectivity index (χ1) is 8.84. The number of rotatable bonds is 3. The molecule has 2 rings (SSSR count). The summed E-state index contributed by atoms with van der Waals surface area (Å²) in [6.07, 6.45) is 0. The minimum atomic E-state index is -3.13. The number of hydrogen-bond donors (Lipinski definition) is 1. The molecule has 1 aromatic heterocycles. The summed E-state index contributed by atoms with van der Waals surface area (Å²) in [6, 6.07) is 0. The molecule has 0 aromatic carbocycles. The molecule has 1 fully saturated rings. The molecule has 2 heterocycles. The van der Waals surface area contributed by atoms with Crippen LogP contribution in [0.25, 0.3) is 0 Å². The Balaban J connectivity index is 2.08. The lowest BCUT2D eigenvalue weighted by Crippen LogP contribution is -2.50. The number of piperazine rings is 1. The maximum absolute atomic E-state index is 12.1. The van der Waals surface area contributed by atoms with Crippen molar-refractivity contribution in [2.24, 2.45) is 0 Å². The zero-order valence-corrected chi connectivity index (χ0v) is 12.8.